The maximum absolute atomic E-state index is 11.8. The zero-order chi connectivity index (χ0) is 14.8. The Morgan fingerprint density at radius 2 is 1.95 bits per heavy atom. The quantitative estimate of drug-likeness (QED) is 0.694. The number of fused-ring (bicyclic) bond motifs is 1. The van der Waals surface area contributed by atoms with Crippen LogP contribution in [0.3, 0.4) is 0 Å². The Labute approximate surface area is 125 Å². The number of nitrogen functional groups attached to an aromatic ring is 1. The minimum Gasteiger partial charge on any atom is -0.381 e. The van der Waals surface area contributed by atoms with Gasteiger partial charge in [0.05, 0.1) is 10.9 Å². The third-order valence-electron chi connectivity index (χ3n) is 3.13. The molecule has 3 rings (SSSR count). The van der Waals surface area contributed by atoms with E-state index in [1.54, 1.807) is 12.1 Å². The third-order valence-corrected chi connectivity index (χ3v) is 3.39. The number of anilines is 2. The lowest BCUT2D eigenvalue weighted by Crippen LogP contribution is -2.11. The number of benzene rings is 2. The van der Waals surface area contributed by atoms with E-state index in [9.17, 15) is 4.79 Å². The highest BCUT2D eigenvalue weighted by Gasteiger charge is 2.03. The molecule has 0 unspecified atom stereocenters. The van der Waals surface area contributed by atoms with E-state index >= 15 is 0 Å². The Balaban J connectivity index is 1.84. The smallest absolute Gasteiger partial charge is 0.260 e. The highest BCUT2D eigenvalue weighted by Crippen LogP contribution is 2.16. The molecular weight excluding hydrogens is 288 g/mol. The van der Waals surface area contributed by atoms with Crippen molar-refractivity contribution in [3.05, 3.63) is 63.4 Å². The monoisotopic (exact) mass is 300 g/mol. The lowest BCUT2D eigenvalue weighted by atomic mass is 10.2. The van der Waals surface area contributed by atoms with Crippen LogP contribution in [0.4, 0.5) is 11.6 Å². The Kier molecular flexibility index (Phi) is 3.50. The fourth-order valence-corrected chi connectivity index (χ4v) is 2.20. The molecule has 2 aromatic carbocycles. The summed E-state index contributed by atoms with van der Waals surface area (Å²) in [6, 6.07) is 13.0. The topological polar surface area (TPSA) is 83.8 Å². The molecule has 1 heterocycles. The number of rotatable bonds is 3. The van der Waals surface area contributed by atoms with Crippen molar-refractivity contribution in [2.75, 3.05) is 11.1 Å². The summed E-state index contributed by atoms with van der Waals surface area (Å²) in [5.74, 6) is 0.120. The predicted octanol–water partition coefficient (Wildman–Crippen LogP) is 2.77. The first-order chi connectivity index (χ1) is 10.1. The van der Waals surface area contributed by atoms with E-state index in [0.717, 1.165) is 11.3 Å². The zero-order valence-corrected chi connectivity index (χ0v) is 11.8. The van der Waals surface area contributed by atoms with Gasteiger partial charge in [-0.25, -0.2) is 4.98 Å². The fourth-order valence-electron chi connectivity index (χ4n) is 2.07. The molecule has 0 aliphatic rings. The van der Waals surface area contributed by atoms with Crippen molar-refractivity contribution in [1.82, 2.24) is 9.97 Å². The van der Waals surface area contributed by atoms with E-state index in [2.05, 4.69) is 15.3 Å². The molecule has 106 valence electrons. The average molecular weight is 301 g/mol. The summed E-state index contributed by atoms with van der Waals surface area (Å²) in [4.78, 5) is 18.4. The molecule has 4 N–H and O–H groups in total. The predicted molar refractivity (Wildman–Crippen MR) is 85.6 cm³/mol. The van der Waals surface area contributed by atoms with Crippen LogP contribution in [-0.2, 0) is 6.54 Å². The summed E-state index contributed by atoms with van der Waals surface area (Å²) in [6.07, 6.45) is 0. The van der Waals surface area contributed by atoms with Crippen molar-refractivity contribution in [2.45, 2.75) is 6.54 Å². The van der Waals surface area contributed by atoms with Gasteiger partial charge in [0.2, 0.25) is 5.95 Å². The van der Waals surface area contributed by atoms with Crippen LogP contribution in [0.25, 0.3) is 10.9 Å². The summed E-state index contributed by atoms with van der Waals surface area (Å²) < 4.78 is 0. The molecule has 0 atom stereocenters. The lowest BCUT2D eigenvalue weighted by Gasteiger charge is -2.07. The van der Waals surface area contributed by atoms with Gasteiger partial charge in [-0.3, -0.25) is 9.78 Å². The molecule has 0 bridgehead atoms. The number of halogens is 1. The molecule has 1 aromatic heterocycles. The van der Waals surface area contributed by atoms with Crippen molar-refractivity contribution >= 4 is 34.1 Å². The second-order valence-corrected chi connectivity index (χ2v) is 5.10. The summed E-state index contributed by atoms with van der Waals surface area (Å²) in [5.41, 5.74) is 7.79. The fraction of sp³-hybridized carbons (Fsp3) is 0.0667. The van der Waals surface area contributed by atoms with Crippen molar-refractivity contribution in [3.63, 3.8) is 0 Å². The zero-order valence-electron chi connectivity index (χ0n) is 11.1. The summed E-state index contributed by atoms with van der Waals surface area (Å²) >= 11 is 5.85. The molecule has 0 fully saturated rings. The molecule has 0 saturated carbocycles. The average Bonchev–Trinajstić information content (AvgIpc) is 2.47. The summed E-state index contributed by atoms with van der Waals surface area (Å²) in [5, 5.41) is 4.47. The normalized spacial score (nSPS) is 10.7. The summed E-state index contributed by atoms with van der Waals surface area (Å²) in [7, 11) is 0. The first-order valence-electron chi connectivity index (χ1n) is 6.40. The first-order valence-corrected chi connectivity index (χ1v) is 6.77. The van der Waals surface area contributed by atoms with E-state index in [4.69, 9.17) is 17.3 Å². The van der Waals surface area contributed by atoms with Crippen LogP contribution in [0.5, 0.6) is 0 Å². The Morgan fingerprint density at radius 1 is 1.19 bits per heavy atom. The molecule has 0 aliphatic heterocycles. The molecule has 0 aliphatic carbocycles. The second kappa shape index (κ2) is 5.46. The van der Waals surface area contributed by atoms with Gasteiger partial charge in [0.1, 0.15) is 0 Å². The minimum absolute atomic E-state index is 0.120. The molecule has 0 radical (unpaired) electrons. The Hall–Kier alpha value is -2.53. The number of hydrogen-bond acceptors (Lipinski definition) is 4. The van der Waals surface area contributed by atoms with Crippen LogP contribution in [0, 0.1) is 0 Å². The number of nitrogens with one attached hydrogen (secondary N) is 2. The number of hydrogen-bond donors (Lipinski definition) is 3. The van der Waals surface area contributed by atoms with E-state index in [0.29, 0.717) is 22.5 Å². The Morgan fingerprint density at radius 3 is 2.71 bits per heavy atom. The molecule has 21 heavy (non-hydrogen) atoms. The van der Waals surface area contributed by atoms with Gasteiger partial charge in [-0.2, -0.15) is 0 Å². The molecule has 0 saturated heterocycles. The Bertz CT molecular complexity index is 842. The van der Waals surface area contributed by atoms with Gasteiger partial charge in [0.25, 0.3) is 5.56 Å². The SMILES string of the molecule is Nc1nc2ccc(NCc3ccc(Cl)cc3)cc2c(=O)[nH]1. The van der Waals surface area contributed by atoms with Gasteiger partial charge in [-0.1, -0.05) is 23.7 Å². The van der Waals surface area contributed by atoms with Crippen LogP contribution in [0.1, 0.15) is 5.56 Å². The van der Waals surface area contributed by atoms with Crippen molar-refractivity contribution in [3.8, 4) is 0 Å². The first kappa shape index (κ1) is 13.5. The maximum Gasteiger partial charge on any atom is 0.260 e. The second-order valence-electron chi connectivity index (χ2n) is 4.66. The van der Waals surface area contributed by atoms with Gasteiger partial charge in [-0.05, 0) is 35.9 Å². The van der Waals surface area contributed by atoms with Crippen LogP contribution in [0.15, 0.2) is 47.3 Å². The maximum atomic E-state index is 11.8. The van der Waals surface area contributed by atoms with E-state index in [-0.39, 0.29) is 11.5 Å². The number of H-pyrrole nitrogens is 1. The number of nitrogens with two attached hydrogens (primary N) is 1. The largest absolute Gasteiger partial charge is 0.381 e. The molecule has 0 spiro atoms. The van der Waals surface area contributed by atoms with E-state index in [1.807, 2.05) is 30.3 Å². The molecule has 0 amide bonds. The van der Waals surface area contributed by atoms with Crippen LogP contribution < -0.4 is 16.6 Å². The third kappa shape index (κ3) is 2.98. The van der Waals surface area contributed by atoms with E-state index in [1.165, 1.54) is 0 Å². The van der Waals surface area contributed by atoms with E-state index < -0.39 is 0 Å². The highest BCUT2D eigenvalue weighted by molar-refractivity contribution is 6.30. The van der Waals surface area contributed by atoms with Crippen LogP contribution >= 0.6 is 11.6 Å². The number of aromatic nitrogens is 2. The molecule has 6 heteroatoms. The minimum atomic E-state index is -0.243. The standard InChI is InChI=1S/C15H13ClN4O/c16-10-3-1-9(2-4-10)8-18-11-5-6-13-12(7-11)14(21)20-15(17)19-13/h1-7,18H,8H2,(H3,17,19,20,21). The van der Waals surface area contributed by atoms with Gasteiger partial charge in [0, 0.05) is 17.3 Å². The van der Waals surface area contributed by atoms with Crippen molar-refractivity contribution < 1.29 is 0 Å². The van der Waals surface area contributed by atoms with Crippen molar-refractivity contribution in [1.29, 1.82) is 0 Å². The molecule has 3 aromatic rings. The number of nitrogens with zero attached hydrogens (tertiary/aromatic N) is 1. The van der Waals surface area contributed by atoms with Gasteiger partial charge in [-0.15, -0.1) is 0 Å². The molecular formula is C15H13ClN4O. The summed E-state index contributed by atoms with van der Waals surface area (Å²) in [6.45, 7) is 0.642. The molecule has 5 nitrogen and oxygen atoms in total. The van der Waals surface area contributed by atoms with Gasteiger partial charge < -0.3 is 11.1 Å². The van der Waals surface area contributed by atoms with Gasteiger partial charge in [0.15, 0.2) is 0 Å². The van der Waals surface area contributed by atoms with Crippen LogP contribution in [-0.4, -0.2) is 9.97 Å². The number of aromatic amines is 1. The van der Waals surface area contributed by atoms with Crippen LogP contribution in [0.2, 0.25) is 5.02 Å². The highest BCUT2D eigenvalue weighted by atomic mass is 35.5. The van der Waals surface area contributed by atoms with Crippen molar-refractivity contribution in [2.24, 2.45) is 0 Å². The lowest BCUT2D eigenvalue weighted by molar-refractivity contribution is 1.15. The van der Waals surface area contributed by atoms with Gasteiger partial charge >= 0.3 is 0 Å².